The Kier molecular flexibility index (Phi) is 8.29. The number of amides is 2. The van der Waals surface area contributed by atoms with E-state index >= 15 is 0 Å². The summed E-state index contributed by atoms with van der Waals surface area (Å²) in [6, 6.07) is 17.3. The van der Waals surface area contributed by atoms with E-state index in [9.17, 15) is 9.59 Å². The normalized spacial score (nSPS) is 16.5. The van der Waals surface area contributed by atoms with Crippen molar-refractivity contribution in [3.05, 3.63) is 65.7 Å². The summed E-state index contributed by atoms with van der Waals surface area (Å²) < 4.78 is 10.7. The Hall–Kier alpha value is -3.06. The van der Waals surface area contributed by atoms with Gasteiger partial charge in [0.25, 0.3) is 0 Å². The number of hydrogen-bond acceptors (Lipinski definition) is 5. The molecule has 3 rings (SSSR count). The van der Waals surface area contributed by atoms with Crippen molar-refractivity contribution in [3.63, 3.8) is 0 Å². The van der Waals surface area contributed by atoms with Gasteiger partial charge in [-0.25, -0.2) is 4.79 Å². The first-order chi connectivity index (χ1) is 15.1. The van der Waals surface area contributed by atoms with E-state index in [-0.39, 0.29) is 18.4 Å². The molecule has 0 radical (unpaired) electrons. The summed E-state index contributed by atoms with van der Waals surface area (Å²) in [5.74, 6) is 0.526. The van der Waals surface area contributed by atoms with Crippen molar-refractivity contribution < 1.29 is 19.1 Å². The minimum absolute atomic E-state index is 0.0510. The molecule has 1 heterocycles. The summed E-state index contributed by atoms with van der Waals surface area (Å²) in [4.78, 5) is 29.3. The molecule has 1 aliphatic rings. The molecule has 0 aliphatic carbocycles. The number of hydrogen-bond donors (Lipinski definition) is 1. The maximum absolute atomic E-state index is 13.2. The second-order valence-electron chi connectivity index (χ2n) is 7.59. The van der Waals surface area contributed by atoms with Crippen LogP contribution in [0.5, 0.6) is 5.75 Å². The molecule has 1 fully saturated rings. The molecular formula is C24H31N3O4. The lowest BCUT2D eigenvalue weighted by atomic mass is 10.1. The van der Waals surface area contributed by atoms with Crippen LogP contribution in [0.25, 0.3) is 0 Å². The number of nitrogens with one attached hydrogen (secondary N) is 1. The van der Waals surface area contributed by atoms with Crippen LogP contribution in [0, 0.1) is 5.92 Å². The highest BCUT2D eigenvalue weighted by Gasteiger charge is 2.30. The molecule has 1 aliphatic heterocycles. The van der Waals surface area contributed by atoms with Crippen molar-refractivity contribution in [1.82, 2.24) is 15.1 Å². The second-order valence-corrected chi connectivity index (χ2v) is 7.59. The van der Waals surface area contributed by atoms with Gasteiger partial charge in [0.05, 0.1) is 13.0 Å². The van der Waals surface area contributed by atoms with Crippen molar-refractivity contribution in [3.8, 4) is 5.75 Å². The van der Waals surface area contributed by atoms with Crippen LogP contribution < -0.4 is 10.1 Å². The summed E-state index contributed by atoms with van der Waals surface area (Å²) >= 11 is 0. The van der Waals surface area contributed by atoms with Gasteiger partial charge in [-0.3, -0.25) is 4.79 Å². The lowest BCUT2D eigenvalue weighted by Crippen LogP contribution is -2.44. The Morgan fingerprint density at radius 2 is 1.87 bits per heavy atom. The van der Waals surface area contributed by atoms with Crippen LogP contribution in [-0.4, -0.2) is 61.6 Å². The van der Waals surface area contributed by atoms with E-state index in [1.165, 1.54) is 0 Å². The Morgan fingerprint density at radius 1 is 1.13 bits per heavy atom. The largest absolute Gasteiger partial charge is 0.497 e. The molecule has 0 aromatic heterocycles. The summed E-state index contributed by atoms with van der Waals surface area (Å²) in [7, 11) is 1.63. The van der Waals surface area contributed by atoms with Gasteiger partial charge in [0.1, 0.15) is 12.4 Å². The Morgan fingerprint density at radius 3 is 2.55 bits per heavy atom. The molecule has 2 aromatic carbocycles. The third-order valence-electron chi connectivity index (χ3n) is 5.43. The van der Waals surface area contributed by atoms with E-state index in [1.807, 2.05) is 66.4 Å². The highest BCUT2D eigenvalue weighted by Crippen LogP contribution is 2.16. The maximum Gasteiger partial charge on any atom is 0.410 e. The van der Waals surface area contributed by atoms with Crippen LogP contribution in [0.15, 0.2) is 54.6 Å². The second kappa shape index (κ2) is 11.4. The smallest absolute Gasteiger partial charge is 0.410 e. The lowest BCUT2D eigenvalue weighted by Gasteiger charge is -2.28. The Balaban J connectivity index is 1.59. The average Bonchev–Trinajstić information content (AvgIpc) is 2.98. The van der Waals surface area contributed by atoms with Gasteiger partial charge in [0.15, 0.2) is 0 Å². The van der Waals surface area contributed by atoms with Crippen LogP contribution in [0.2, 0.25) is 0 Å². The number of nitrogens with zero attached hydrogens (tertiary/aromatic N) is 2. The molecule has 2 amide bonds. The van der Waals surface area contributed by atoms with Gasteiger partial charge in [0, 0.05) is 39.3 Å². The monoisotopic (exact) mass is 425 g/mol. The molecule has 0 spiro atoms. The van der Waals surface area contributed by atoms with Gasteiger partial charge < -0.3 is 24.6 Å². The number of carbonyl (C=O) groups is 2. The minimum Gasteiger partial charge on any atom is -0.497 e. The van der Waals surface area contributed by atoms with Gasteiger partial charge in [-0.15, -0.1) is 0 Å². The van der Waals surface area contributed by atoms with E-state index < -0.39 is 6.09 Å². The quantitative estimate of drug-likeness (QED) is 0.704. The standard InChI is InChI=1S/C24H31N3O4/c1-3-26(24(29)31-18-20-7-5-4-6-8-20)17-21-15-25-13-14-27(23(21)28)16-19-9-11-22(30-2)12-10-19/h4-12,21,25H,3,13-18H2,1-2H3. The topological polar surface area (TPSA) is 71.1 Å². The van der Waals surface area contributed by atoms with Gasteiger partial charge in [-0.1, -0.05) is 42.5 Å². The van der Waals surface area contributed by atoms with Crippen LogP contribution >= 0.6 is 0 Å². The molecule has 0 saturated carbocycles. The summed E-state index contributed by atoms with van der Waals surface area (Å²) in [6.45, 7) is 5.36. The fourth-order valence-corrected chi connectivity index (χ4v) is 3.61. The SMILES string of the molecule is CCN(CC1CNCCN(Cc2ccc(OC)cc2)C1=O)C(=O)OCc1ccccc1. The first kappa shape index (κ1) is 22.6. The summed E-state index contributed by atoms with van der Waals surface area (Å²) in [6.07, 6.45) is -0.398. The highest BCUT2D eigenvalue weighted by molar-refractivity contribution is 5.80. The number of benzene rings is 2. The zero-order valence-electron chi connectivity index (χ0n) is 18.3. The number of methoxy groups -OCH3 is 1. The molecule has 166 valence electrons. The Bertz CT molecular complexity index is 842. The first-order valence-electron chi connectivity index (χ1n) is 10.7. The molecule has 31 heavy (non-hydrogen) atoms. The van der Waals surface area contributed by atoms with Crippen molar-refractivity contribution in [2.45, 2.75) is 20.1 Å². The molecule has 1 saturated heterocycles. The fraction of sp³-hybridized carbons (Fsp3) is 0.417. The van der Waals surface area contributed by atoms with E-state index in [0.717, 1.165) is 23.4 Å². The highest BCUT2D eigenvalue weighted by atomic mass is 16.6. The third kappa shape index (κ3) is 6.46. The van der Waals surface area contributed by atoms with Crippen LogP contribution in [0.1, 0.15) is 18.1 Å². The average molecular weight is 426 g/mol. The molecule has 0 bridgehead atoms. The van der Waals surface area contributed by atoms with E-state index in [2.05, 4.69) is 5.32 Å². The van der Waals surface area contributed by atoms with Crippen LogP contribution in [0.3, 0.4) is 0 Å². The molecule has 1 unspecified atom stereocenters. The maximum atomic E-state index is 13.2. The van der Waals surface area contributed by atoms with Gasteiger partial charge in [0.2, 0.25) is 5.91 Å². The van der Waals surface area contributed by atoms with E-state index in [1.54, 1.807) is 12.0 Å². The van der Waals surface area contributed by atoms with Crippen LogP contribution in [0.4, 0.5) is 4.79 Å². The van der Waals surface area contributed by atoms with Crippen molar-refractivity contribution in [2.24, 2.45) is 5.92 Å². The van der Waals surface area contributed by atoms with Crippen molar-refractivity contribution in [1.29, 1.82) is 0 Å². The molecule has 7 nitrogen and oxygen atoms in total. The summed E-state index contributed by atoms with van der Waals surface area (Å²) in [5.41, 5.74) is 1.98. The third-order valence-corrected chi connectivity index (χ3v) is 5.43. The molecule has 1 atom stereocenters. The predicted molar refractivity (Wildman–Crippen MR) is 119 cm³/mol. The molecular weight excluding hydrogens is 394 g/mol. The molecule has 2 aromatic rings. The lowest BCUT2D eigenvalue weighted by molar-refractivity contribution is -0.135. The molecule has 7 heteroatoms. The van der Waals surface area contributed by atoms with E-state index in [4.69, 9.17) is 9.47 Å². The molecule has 1 N–H and O–H groups in total. The number of carbonyl (C=O) groups excluding carboxylic acids is 2. The Labute approximate surface area is 183 Å². The fourth-order valence-electron chi connectivity index (χ4n) is 3.61. The van der Waals surface area contributed by atoms with Gasteiger partial charge in [-0.2, -0.15) is 0 Å². The van der Waals surface area contributed by atoms with Crippen LogP contribution in [-0.2, 0) is 22.7 Å². The van der Waals surface area contributed by atoms with E-state index in [0.29, 0.717) is 32.7 Å². The van der Waals surface area contributed by atoms with Gasteiger partial charge >= 0.3 is 6.09 Å². The van der Waals surface area contributed by atoms with Gasteiger partial charge in [-0.05, 0) is 30.2 Å². The van der Waals surface area contributed by atoms with Crippen molar-refractivity contribution >= 4 is 12.0 Å². The van der Waals surface area contributed by atoms with Crippen molar-refractivity contribution in [2.75, 3.05) is 39.8 Å². The number of rotatable bonds is 8. The summed E-state index contributed by atoms with van der Waals surface area (Å²) in [5, 5.41) is 3.33. The number of ether oxygens (including phenoxy) is 2. The minimum atomic E-state index is -0.398. The zero-order valence-corrected chi connectivity index (χ0v) is 18.3. The zero-order chi connectivity index (χ0) is 22.1. The predicted octanol–water partition coefficient (Wildman–Crippen LogP) is 2.90. The first-order valence-corrected chi connectivity index (χ1v) is 10.7.